The van der Waals surface area contributed by atoms with Crippen LogP contribution in [0.4, 0.5) is 4.79 Å². The van der Waals surface area contributed by atoms with E-state index in [0.717, 1.165) is 11.9 Å². The maximum atomic E-state index is 11.6. The van der Waals surface area contributed by atoms with Crippen LogP contribution in [0.25, 0.3) is 11.2 Å². The number of carbonyl (C=O) groups is 4. The number of nitrogens with one attached hydrogen (secondary N) is 3. The standard InChI is InChI=1S/C15H13ClN4O3.C8H11N3O3.Cl3OP/c16-13-12-14(19-9-18-13)23-11(20-12)6-7-17-15(21)22-8-10-4-2-1-3-5-10;1-2-3-5(12)11-6-7(13)9-4-10-8(6)14;1-5(2,3)4/h1-5,9H,6-8H2,(H,17,21);4,6H,2-3H2,1H3,(H,11,12)(H,9,10,13,14);. The third kappa shape index (κ3) is 13.6. The molecule has 14 nitrogen and oxygen atoms in total. The van der Waals surface area contributed by atoms with Gasteiger partial charge in [-0.25, -0.2) is 19.8 Å². The van der Waals surface area contributed by atoms with Crippen molar-refractivity contribution in [2.75, 3.05) is 6.54 Å². The van der Waals surface area contributed by atoms with E-state index >= 15 is 0 Å². The van der Waals surface area contributed by atoms with Crippen LogP contribution in [0.2, 0.25) is 5.15 Å². The van der Waals surface area contributed by atoms with Gasteiger partial charge in [-0.1, -0.05) is 48.9 Å². The van der Waals surface area contributed by atoms with Crippen LogP contribution in [0.5, 0.6) is 0 Å². The zero-order valence-corrected chi connectivity index (χ0v) is 25.7. The molecule has 0 saturated carbocycles. The van der Waals surface area contributed by atoms with Crippen molar-refractivity contribution in [1.29, 1.82) is 0 Å². The minimum Gasteiger partial charge on any atom is -0.445 e. The lowest BCUT2D eigenvalue weighted by atomic mass is 10.2. The number of fused-ring (bicyclic) bond motifs is 1. The van der Waals surface area contributed by atoms with Crippen molar-refractivity contribution in [1.82, 2.24) is 30.9 Å². The van der Waals surface area contributed by atoms with Crippen molar-refractivity contribution < 1.29 is 32.9 Å². The Balaban J connectivity index is 0.000000276. The maximum Gasteiger partial charge on any atom is 0.407 e. The fourth-order valence-electron chi connectivity index (χ4n) is 2.94. The number of hydrogen-bond acceptors (Lipinski definition) is 10. The number of benzene rings is 1. The Hall–Kier alpha value is -3.29. The predicted molar refractivity (Wildman–Crippen MR) is 157 cm³/mol. The third-order valence-electron chi connectivity index (χ3n) is 4.71. The predicted octanol–water partition coefficient (Wildman–Crippen LogP) is 4.51. The molecule has 0 radical (unpaired) electrons. The largest absolute Gasteiger partial charge is 0.445 e. The first-order valence-corrected chi connectivity index (χ1v) is 16.7. The van der Waals surface area contributed by atoms with Crippen molar-refractivity contribution >= 4 is 91.9 Å². The molecule has 0 bridgehead atoms. The van der Waals surface area contributed by atoms with Gasteiger partial charge in [0.05, 0.1) is 6.34 Å². The summed E-state index contributed by atoms with van der Waals surface area (Å²) >= 11 is 19.7. The maximum absolute atomic E-state index is 11.6. The van der Waals surface area contributed by atoms with E-state index in [9.17, 15) is 23.7 Å². The van der Waals surface area contributed by atoms with E-state index in [0.29, 0.717) is 42.9 Å². The molecular weight excluding hydrogens is 659 g/mol. The number of nitrogens with zero attached hydrogens (tertiary/aromatic N) is 4. The lowest BCUT2D eigenvalue weighted by Gasteiger charge is -2.16. The Morgan fingerprint density at radius 3 is 2.45 bits per heavy atom. The molecule has 1 aromatic carbocycles. The van der Waals surface area contributed by atoms with Gasteiger partial charge in [0, 0.05) is 19.4 Å². The number of hydrogen-bond donors (Lipinski definition) is 3. The molecule has 0 spiro atoms. The molecule has 0 saturated heterocycles. The highest BCUT2D eigenvalue weighted by Gasteiger charge is 2.29. The zero-order chi connectivity index (χ0) is 31.1. The van der Waals surface area contributed by atoms with E-state index in [1.54, 1.807) is 0 Å². The molecule has 1 aliphatic rings. The number of aromatic nitrogens is 3. The first-order valence-electron chi connectivity index (χ1n) is 11.9. The lowest BCUT2D eigenvalue weighted by molar-refractivity contribution is -0.135. The van der Waals surface area contributed by atoms with Gasteiger partial charge in [0.15, 0.2) is 22.6 Å². The lowest BCUT2D eigenvalue weighted by Crippen LogP contribution is -2.53. The third-order valence-corrected chi connectivity index (χ3v) is 4.98. The fourth-order valence-corrected chi connectivity index (χ4v) is 3.11. The van der Waals surface area contributed by atoms with Crippen molar-refractivity contribution in [3.05, 3.63) is 53.3 Å². The second-order valence-corrected chi connectivity index (χ2v) is 14.9. The van der Waals surface area contributed by atoms with Gasteiger partial charge in [-0.3, -0.25) is 18.9 Å². The van der Waals surface area contributed by atoms with Gasteiger partial charge in [0.2, 0.25) is 5.91 Å². The summed E-state index contributed by atoms with van der Waals surface area (Å²) < 4.78 is 20.0. The molecule has 42 heavy (non-hydrogen) atoms. The zero-order valence-electron chi connectivity index (χ0n) is 21.8. The Bertz CT molecular complexity index is 1450. The number of halogens is 4. The Morgan fingerprint density at radius 2 is 1.83 bits per heavy atom. The highest BCUT2D eigenvalue weighted by molar-refractivity contribution is 8.24. The van der Waals surface area contributed by atoms with Crippen molar-refractivity contribution in [3.63, 3.8) is 0 Å². The molecule has 1 unspecified atom stereocenters. The van der Waals surface area contributed by atoms with E-state index in [-0.39, 0.29) is 17.7 Å². The number of amides is 4. The number of rotatable bonds is 8. The quantitative estimate of drug-likeness (QED) is 0.173. The minimum atomic E-state index is -3.22. The van der Waals surface area contributed by atoms with Crippen molar-refractivity contribution in [3.8, 4) is 0 Å². The van der Waals surface area contributed by atoms with Crippen LogP contribution < -0.4 is 16.0 Å². The van der Waals surface area contributed by atoms with Crippen LogP contribution in [0, 0.1) is 0 Å². The highest BCUT2D eigenvalue weighted by atomic mass is 36.0. The van der Waals surface area contributed by atoms with Crippen molar-refractivity contribution in [2.24, 2.45) is 4.99 Å². The molecule has 19 heteroatoms. The van der Waals surface area contributed by atoms with E-state index in [1.807, 2.05) is 37.3 Å². The first-order chi connectivity index (χ1) is 19.9. The SMILES string of the molecule is CCCC(=O)NC1C(=O)N=CNC1=O.O=C(NCCc1nc2c(Cl)ncnc2o1)OCc1ccccc1.O=P(Cl)(Cl)Cl. The van der Waals surface area contributed by atoms with Gasteiger partial charge in [0.1, 0.15) is 12.9 Å². The smallest absolute Gasteiger partial charge is 0.407 e. The number of carbonyl (C=O) groups excluding carboxylic acids is 4. The van der Waals surface area contributed by atoms with Crippen LogP contribution in [0.1, 0.15) is 31.2 Å². The topological polar surface area (TPSA) is 195 Å². The Labute approximate surface area is 258 Å². The fraction of sp³-hybridized carbons (Fsp3) is 0.304. The van der Waals surface area contributed by atoms with E-state index < -0.39 is 29.1 Å². The van der Waals surface area contributed by atoms with Crippen LogP contribution >= 0.6 is 50.5 Å². The van der Waals surface area contributed by atoms with Crippen LogP contribution in [-0.4, -0.2) is 57.7 Å². The Kier molecular flexibility index (Phi) is 14.6. The first kappa shape index (κ1) is 34.9. The molecule has 4 rings (SSSR count). The molecule has 1 aliphatic heterocycles. The number of oxazole rings is 1. The van der Waals surface area contributed by atoms with E-state index in [2.05, 4.69) is 69.6 Å². The van der Waals surface area contributed by atoms with Crippen molar-refractivity contribution in [2.45, 2.75) is 38.8 Å². The van der Waals surface area contributed by atoms with Crippen LogP contribution in [0.3, 0.4) is 0 Å². The summed E-state index contributed by atoms with van der Waals surface area (Å²) in [5.41, 5.74) is 1.66. The second-order valence-electron chi connectivity index (χ2n) is 7.92. The van der Waals surface area contributed by atoms with Gasteiger partial charge >= 0.3 is 11.3 Å². The summed E-state index contributed by atoms with van der Waals surface area (Å²) in [6.07, 6.45) is 3.18. The van der Waals surface area contributed by atoms with E-state index in [4.69, 9.17) is 20.8 Å². The summed E-state index contributed by atoms with van der Waals surface area (Å²) in [6.45, 7) is 2.38. The summed E-state index contributed by atoms with van der Waals surface area (Å²) in [5.74, 6) is -1.09. The number of ether oxygens (including phenoxy) is 1. The van der Waals surface area contributed by atoms with Gasteiger partial charge in [-0.2, -0.15) is 4.98 Å². The van der Waals surface area contributed by atoms with Crippen LogP contribution in [0.15, 0.2) is 46.1 Å². The molecule has 0 fully saturated rings. The van der Waals surface area contributed by atoms with Gasteiger partial charge < -0.3 is 25.1 Å². The molecule has 3 aromatic rings. The average Bonchev–Trinajstić information content (AvgIpc) is 3.34. The average molecular weight is 683 g/mol. The number of alkyl carbamates (subject to hydrolysis) is 1. The summed E-state index contributed by atoms with van der Waals surface area (Å²) in [4.78, 5) is 60.2. The van der Waals surface area contributed by atoms with Gasteiger partial charge in [-0.05, 0) is 45.7 Å². The van der Waals surface area contributed by atoms with Crippen LogP contribution in [-0.2, 0) is 36.7 Å². The molecule has 4 amide bonds. The molecule has 3 heterocycles. The molecule has 1 atom stereocenters. The normalized spacial score (nSPS) is 14.1. The molecular formula is C23H24Cl4N7O7P. The van der Waals surface area contributed by atoms with Gasteiger partial charge in [-0.15, -0.1) is 0 Å². The Morgan fingerprint density at radius 1 is 1.14 bits per heavy atom. The minimum absolute atomic E-state index is 0.223. The van der Waals surface area contributed by atoms with E-state index in [1.165, 1.54) is 6.33 Å². The monoisotopic (exact) mass is 681 g/mol. The molecule has 2 aromatic heterocycles. The molecule has 3 N–H and O–H groups in total. The summed E-state index contributed by atoms with van der Waals surface area (Å²) in [7, 11) is 0. The highest BCUT2D eigenvalue weighted by Crippen LogP contribution is 2.61. The second kappa shape index (κ2) is 17.6. The molecule has 0 aliphatic carbocycles. The summed E-state index contributed by atoms with van der Waals surface area (Å²) in [6, 6.07) is 8.28. The van der Waals surface area contributed by atoms with Gasteiger partial charge in [0.25, 0.3) is 17.5 Å². The summed E-state index contributed by atoms with van der Waals surface area (Å²) in [5, 5.41) is 4.19. The molecule has 226 valence electrons. The number of aliphatic imine (C=N–C) groups is 1.